The van der Waals surface area contributed by atoms with Gasteiger partial charge in [-0.05, 0) is 46.7 Å². The van der Waals surface area contributed by atoms with Gasteiger partial charge in [0.15, 0.2) is 0 Å². The van der Waals surface area contributed by atoms with Crippen LogP contribution >= 0.6 is 15.9 Å². The zero-order valence-electron chi connectivity index (χ0n) is 11.9. The Labute approximate surface area is 131 Å². The summed E-state index contributed by atoms with van der Waals surface area (Å²) in [5.74, 6) is 0.631. The van der Waals surface area contributed by atoms with Gasteiger partial charge in [0.2, 0.25) is 0 Å². The molecule has 2 aromatic rings. The Morgan fingerprint density at radius 3 is 2.86 bits per heavy atom. The number of halogens is 1. The van der Waals surface area contributed by atoms with Crippen LogP contribution in [0, 0.1) is 5.92 Å². The molecule has 0 spiro atoms. The van der Waals surface area contributed by atoms with Crippen LogP contribution in [-0.4, -0.2) is 26.1 Å². The van der Waals surface area contributed by atoms with E-state index in [0.717, 1.165) is 30.8 Å². The van der Waals surface area contributed by atoms with Gasteiger partial charge < -0.3 is 5.32 Å². The molecule has 0 bridgehead atoms. The van der Waals surface area contributed by atoms with Crippen LogP contribution in [0.25, 0.3) is 0 Å². The van der Waals surface area contributed by atoms with Gasteiger partial charge in [-0.25, -0.2) is 4.68 Å². The third kappa shape index (κ3) is 3.53. The molecule has 6 nitrogen and oxygen atoms in total. The van der Waals surface area contributed by atoms with Crippen molar-refractivity contribution in [3.05, 3.63) is 39.0 Å². The van der Waals surface area contributed by atoms with Crippen molar-refractivity contribution >= 4 is 21.6 Å². The predicted molar refractivity (Wildman–Crippen MR) is 84.3 cm³/mol. The van der Waals surface area contributed by atoms with Crippen LogP contribution in [0.3, 0.4) is 0 Å². The molecule has 2 heterocycles. The van der Waals surface area contributed by atoms with Crippen molar-refractivity contribution in [1.29, 1.82) is 0 Å². The summed E-state index contributed by atoms with van der Waals surface area (Å²) in [6.45, 7) is 1.46. The number of aromatic nitrogens is 4. The minimum atomic E-state index is -0.0618. The summed E-state index contributed by atoms with van der Waals surface area (Å²) in [6.07, 6.45) is 8.82. The van der Waals surface area contributed by atoms with E-state index in [4.69, 9.17) is 0 Å². The third-order valence-electron chi connectivity index (χ3n) is 3.60. The van der Waals surface area contributed by atoms with Crippen molar-refractivity contribution < 1.29 is 0 Å². The third-order valence-corrected chi connectivity index (χ3v) is 4.37. The van der Waals surface area contributed by atoms with Crippen molar-refractivity contribution in [2.45, 2.75) is 25.8 Å². The summed E-state index contributed by atoms with van der Waals surface area (Å²) >= 11 is 3.38. The molecule has 2 aromatic heterocycles. The van der Waals surface area contributed by atoms with Crippen molar-refractivity contribution in [3.8, 4) is 0 Å². The van der Waals surface area contributed by atoms with Gasteiger partial charge in [0.05, 0.1) is 18.1 Å². The molecule has 0 amide bonds. The molecule has 0 aliphatic heterocycles. The van der Waals surface area contributed by atoms with Crippen molar-refractivity contribution in [2.75, 3.05) is 11.9 Å². The maximum Gasteiger partial charge on any atom is 0.283 e. The normalized spacial score (nSPS) is 14.4. The lowest BCUT2D eigenvalue weighted by Gasteiger charge is -2.09. The Morgan fingerprint density at radius 2 is 2.19 bits per heavy atom. The van der Waals surface area contributed by atoms with Gasteiger partial charge >= 0.3 is 0 Å². The van der Waals surface area contributed by atoms with Crippen LogP contribution in [-0.2, 0) is 20.0 Å². The minimum absolute atomic E-state index is 0.0618. The topological polar surface area (TPSA) is 64.7 Å². The highest BCUT2D eigenvalue weighted by Crippen LogP contribution is 2.30. The van der Waals surface area contributed by atoms with E-state index in [1.807, 2.05) is 19.4 Å². The fourth-order valence-electron chi connectivity index (χ4n) is 2.21. The van der Waals surface area contributed by atoms with Crippen molar-refractivity contribution in [2.24, 2.45) is 13.0 Å². The minimum Gasteiger partial charge on any atom is -0.382 e. The van der Waals surface area contributed by atoms with E-state index in [1.54, 1.807) is 15.6 Å². The smallest absolute Gasteiger partial charge is 0.283 e. The molecule has 1 saturated carbocycles. The summed E-state index contributed by atoms with van der Waals surface area (Å²) in [7, 11) is 1.90. The summed E-state index contributed by atoms with van der Waals surface area (Å²) < 4.78 is 3.89. The number of hydrogen-bond donors (Lipinski definition) is 1. The molecule has 0 atom stereocenters. The van der Waals surface area contributed by atoms with Crippen molar-refractivity contribution in [1.82, 2.24) is 19.6 Å². The second-order valence-electron chi connectivity index (χ2n) is 5.50. The average molecular weight is 352 g/mol. The van der Waals surface area contributed by atoms with Gasteiger partial charge in [-0.15, -0.1) is 0 Å². The van der Waals surface area contributed by atoms with Gasteiger partial charge in [0.25, 0.3) is 5.56 Å². The highest BCUT2D eigenvalue weighted by atomic mass is 79.9. The van der Waals surface area contributed by atoms with Crippen molar-refractivity contribution in [3.63, 3.8) is 0 Å². The lowest BCUT2D eigenvalue weighted by atomic mass is 10.2. The van der Waals surface area contributed by atoms with Crippen LogP contribution in [0.1, 0.15) is 18.4 Å². The lowest BCUT2D eigenvalue weighted by Crippen LogP contribution is -2.25. The first kappa shape index (κ1) is 14.3. The number of hydrogen-bond acceptors (Lipinski definition) is 4. The Balaban J connectivity index is 1.62. The Bertz CT molecular complexity index is 689. The molecule has 0 unspecified atom stereocenters. The van der Waals surface area contributed by atoms with E-state index in [2.05, 4.69) is 31.4 Å². The zero-order valence-corrected chi connectivity index (χ0v) is 13.5. The molecule has 1 N–H and O–H groups in total. The van der Waals surface area contributed by atoms with E-state index in [0.29, 0.717) is 10.4 Å². The molecule has 7 heteroatoms. The Morgan fingerprint density at radius 1 is 1.38 bits per heavy atom. The fraction of sp³-hybridized carbons (Fsp3) is 0.500. The summed E-state index contributed by atoms with van der Waals surface area (Å²) in [6, 6.07) is 0. The molecule has 3 rings (SSSR count). The Hall–Kier alpha value is -1.63. The molecule has 0 saturated heterocycles. The monoisotopic (exact) mass is 351 g/mol. The Kier molecular flexibility index (Phi) is 4.10. The van der Waals surface area contributed by atoms with E-state index in [9.17, 15) is 4.79 Å². The molecule has 0 radical (unpaired) electrons. The number of aryl methyl sites for hydroxylation is 1. The van der Waals surface area contributed by atoms with E-state index >= 15 is 0 Å². The quantitative estimate of drug-likeness (QED) is 0.861. The zero-order chi connectivity index (χ0) is 14.8. The number of nitrogens with zero attached hydrogens (tertiary/aromatic N) is 4. The van der Waals surface area contributed by atoms with Crippen LogP contribution in [0.15, 0.2) is 27.9 Å². The summed E-state index contributed by atoms with van der Waals surface area (Å²) in [5, 5.41) is 11.6. The predicted octanol–water partition coefficient (Wildman–Crippen LogP) is 1.80. The highest BCUT2D eigenvalue weighted by Gasteiger charge is 2.23. The van der Waals surface area contributed by atoms with Crippen LogP contribution < -0.4 is 10.9 Å². The number of anilines is 1. The second-order valence-corrected chi connectivity index (χ2v) is 6.29. The molecule has 21 heavy (non-hydrogen) atoms. The van der Waals surface area contributed by atoms with Gasteiger partial charge in [0, 0.05) is 26.3 Å². The molecular weight excluding hydrogens is 334 g/mol. The fourth-order valence-corrected chi connectivity index (χ4v) is 2.65. The number of rotatable bonds is 6. The summed E-state index contributed by atoms with van der Waals surface area (Å²) in [5.41, 5.74) is 1.85. The standard InChI is InChI=1S/C14H18BrN5O/c1-19-8-11(6-17-19)4-5-16-12-7-18-20(9-10-2-3-10)14(21)13(12)15/h6-8,10,16H,2-5,9H2,1H3. The molecule has 112 valence electrons. The first-order chi connectivity index (χ1) is 10.1. The first-order valence-corrected chi connectivity index (χ1v) is 7.90. The molecule has 1 fully saturated rings. The average Bonchev–Trinajstić information content (AvgIpc) is 3.19. The van der Waals surface area contributed by atoms with Gasteiger partial charge in [-0.1, -0.05) is 0 Å². The van der Waals surface area contributed by atoms with Gasteiger partial charge in [-0.2, -0.15) is 10.2 Å². The van der Waals surface area contributed by atoms with Crippen LogP contribution in [0.4, 0.5) is 5.69 Å². The number of nitrogens with one attached hydrogen (secondary N) is 1. The summed E-state index contributed by atoms with van der Waals surface area (Å²) in [4.78, 5) is 12.2. The molecular formula is C14H18BrN5O. The highest BCUT2D eigenvalue weighted by molar-refractivity contribution is 9.10. The maximum atomic E-state index is 12.2. The first-order valence-electron chi connectivity index (χ1n) is 7.10. The second kappa shape index (κ2) is 6.01. The lowest BCUT2D eigenvalue weighted by molar-refractivity contribution is 0.532. The van der Waals surface area contributed by atoms with Gasteiger partial charge in [0.1, 0.15) is 4.47 Å². The van der Waals surface area contributed by atoms with Crippen LogP contribution in [0.2, 0.25) is 0 Å². The SMILES string of the molecule is Cn1cc(CCNc2cnn(CC3CC3)c(=O)c2Br)cn1. The molecule has 1 aliphatic rings. The van der Waals surface area contributed by atoms with E-state index in [1.165, 1.54) is 12.8 Å². The van der Waals surface area contributed by atoms with E-state index in [-0.39, 0.29) is 5.56 Å². The van der Waals surface area contributed by atoms with E-state index < -0.39 is 0 Å². The van der Waals surface area contributed by atoms with Gasteiger partial charge in [-0.3, -0.25) is 9.48 Å². The maximum absolute atomic E-state index is 12.2. The largest absolute Gasteiger partial charge is 0.382 e. The molecule has 0 aromatic carbocycles. The van der Waals surface area contributed by atoms with Crippen LogP contribution in [0.5, 0.6) is 0 Å². The molecule has 1 aliphatic carbocycles.